The van der Waals surface area contributed by atoms with Gasteiger partial charge in [-0.2, -0.15) is 0 Å². The number of likely N-dealkylation sites (tertiary alicyclic amines) is 1. The predicted molar refractivity (Wildman–Crippen MR) is 276 cm³/mol. The monoisotopic (exact) mass is 1010 g/mol. The third-order valence-electron chi connectivity index (χ3n) is 14.4. The zero-order valence-corrected chi connectivity index (χ0v) is 46.2. The molecule has 1 nitrogen and oxygen atoms in total. The molecule has 1 heterocycles. The fourth-order valence-electron chi connectivity index (χ4n) is 10.5. The molecule has 0 radical (unpaired) electrons. The van der Waals surface area contributed by atoms with E-state index in [-0.39, 0.29) is 21.1 Å². The van der Waals surface area contributed by atoms with Gasteiger partial charge in [-0.3, -0.25) is 0 Å². The Morgan fingerprint density at radius 3 is 1.92 bits per heavy atom. The summed E-state index contributed by atoms with van der Waals surface area (Å²) in [4.78, 5) is 2.22. The van der Waals surface area contributed by atoms with E-state index in [4.69, 9.17) is 0 Å². The van der Waals surface area contributed by atoms with Crippen molar-refractivity contribution in [1.82, 2.24) is 4.90 Å². The van der Waals surface area contributed by atoms with Crippen molar-refractivity contribution >= 4 is 0 Å². The van der Waals surface area contributed by atoms with Crippen molar-refractivity contribution in [3.63, 3.8) is 0 Å². The molecule has 0 aromatic carbocycles. The van der Waals surface area contributed by atoms with Gasteiger partial charge in [0.15, 0.2) is 0 Å². The molecule has 0 amide bonds. The van der Waals surface area contributed by atoms with Gasteiger partial charge in [0.05, 0.1) is 0 Å². The number of rotatable bonds is 14. The quantitative estimate of drug-likeness (QED) is 0.0952. The van der Waals surface area contributed by atoms with Crippen molar-refractivity contribution in [3.8, 4) is 0 Å². The summed E-state index contributed by atoms with van der Waals surface area (Å²) >= 11 is 0. The van der Waals surface area contributed by atoms with Crippen molar-refractivity contribution in [1.29, 1.82) is 0 Å². The largest absolute Gasteiger partial charge is 0.349 e. The average Bonchev–Trinajstić information content (AvgIpc) is 3.64. The van der Waals surface area contributed by atoms with Gasteiger partial charge in [0.1, 0.15) is 0 Å². The molecule has 4 rings (SSSR count). The predicted octanol–water partition coefficient (Wildman–Crippen LogP) is 19.5. The molecule has 0 bridgehead atoms. The van der Waals surface area contributed by atoms with E-state index < -0.39 is 0 Å². The first-order valence-electron chi connectivity index (χ1n) is 24.3. The molecule has 4 aliphatic rings. The molecule has 1 aliphatic heterocycles. The smallest absolute Gasteiger partial charge is 0.0261 e. The maximum absolute atomic E-state index is 4.47. The van der Waals surface area contributed by atoms with Crippen LogP contribution in [-0.4, -0.2) is 11.4 Å². The van der Waals surface area contributed by atoms with E-state index in [0.29, 0.717) is 21.7 Å². The summed E-state index contributed by atoms with van der Waals surface area (Å²) in [5.41, 5.74) is 11.4. The first kappa shape index (κ1) is 61.1. The summed E-state index contributed by atoms with van der Waals surface area (Å²) in [5, 5.41) is 0. The third kappa shape index (κ3) is 21.0. The van der Waals surface area contributed by atoms with E-state index in [9.17, 15) is 0 Å². The van der Waals surface area contributed by atoms with Crippen molar-refractivity contribution in [2.75, 3.05) is 6.54 Å². The summed E-state index contributed by atoms with van der Waals surface area (Å²) in [6, 6.07) is 0. The maximum atomic E-state index is 4.47. The van der Waals surface area contributed by atoms with Crippen LogP contribution in [-0.2, 0) is 21.1 Å². The molecule has 4 fully saturated rings. The van der Waals surface area contributed by atoms with E-state index in [0.717, 1.165) is 50.0 Å². The minimum absolute atomic E-state index is 0. The Morgan fingerprint density at radius 2 is 1.43 bits per heavy atom. The van der Waals surface area contributed by atoms with E-state index in [1.807, 2.05) is 0 Å². The summed E-state index contributed by atoms with van der Waals surface area (Å²) < 4.78 is 0. The van der Waals surface area contributed by atoms with Crippen LogP contribution in [0.3, 0.4) is 0 Å². The van der Waals surface area contributed by atoms with Crippen molar-refractivity contribution in [2.24, 2.45) is 39.4 Å². The normalized spacial score (nSPS) is 25.3. The minimum Gasteiger partial charge on any atom is -0.349 e. The van der Waals surface area contributed by atoms with Gasteiger partial charge in [-0.25, -0.2) is 18.1 Å². The van der Waals surface area contributed by atoms with Crippen LogP contribution in [0.4, 0.5) is 0 Å². The Morgan fingerprint density at radius 1 is 0.836 bits per heavy atom. The average molecular weight is 1010 g/mol. The second kappa shape index (κ2) is 29.5. The third-order valence-corrected chi connectivity index (χ3v) is 14.4. The Balaban J connectivity index is 0. The number of nitrogens with zero attached hydrogens (tertiary/aromatic N) is 1. The standard InChI is InChI=1S/C34H58.C11H17N.C10H19.2C2H4.W/c1-9-10-11-15-28-18-17-26(2)29(25-28)19-20-30-16-13-23-34(8)31(21-24-33(30,34)7)27(3)14-12-22-32(4,5)6;1-9(2)7-8-12-10(3)5-6-11(12)4;1-8(2)9(3)7-10(4,5)6;2*1-2;/h19-20,27-28,31H,2,9-18,21-25H2,1,3-8H3;1,3-8H2,2H3;1,7H2,2-6H3;2*1-2H2;/q;;-1;;;/b29-19-,30-20+;;;;;. The Kier molecular flexibility index (Phi) is 29.5. The van der Waals surface area contributed by atoms with Gasteiger partial charge in [0, 0.05) is 39.0 Å². The Hall–Kier alpha value is -1.98. The molecular formula is C59H102NW-. The maximum Gasteiger partial charge on any atom is 0.0261 e. The molecule has 5 unspecified atom stereocenters. The SMILES string of the molecule is C=C.C=C.C=C(C)CCN1C(=C)CCC1=C.C=C(C)[C-](C)CC(C)(C)C.C=C1CCC(CCCCC)C/C1=C/C=C1\CCCC2(C)C(C(C)CCCC(C)(C)C)CCC12C.[W]. The van der Waals surface area contributed by atoms with Crippen LogP contribution in [0.2, 0.25) is 0 Å². The molecule has 3 saturated carbocycles. The molecule has 0 N–H and O–H groups in total. The van der Waals surface area contributed by atoms with Gasteiger partial charge in [-0.05, 0) is 129 Å². The molecule has 350 valence electrons. The van der Waals surface area contributed by atoms with Gasteiger partial charge in [-0.15, -0.1) is 39.8 Å². The molecule has 1 saturated heterocycles. The van der Waals surface area contributed by atoms with Crippen LogP contribution < -0.4 is 0 Å². The molecule has 61 heavy (non-hydrogen) atoms. The number of allylic oxidation sites excluding steroid dienone is 8. The van der Waals surface area contributed by atoms with Gasteiger partial charge in [0.2, 0.25) is 0 Å². The first-order valence-corrected chi connectivity index (χ1v) is 24.3. The van der Waals surface area contributed by atoms with Gasteiger partial charge < -0.3 is 4.90 Å². The van der Waals surface area contributed by atoms with Crippen molar-refractivity contribution < 1.29 is 21.1 Å². The number of hydrogen-bond donors (Lipinski definition) is 0. The zero-order chi connectivity index (χ0) is 46.5. The van der Waals surface area contributed by atoms with Crippen LogP contribution in [0.25, 0.3) is 0 Å². The molecule has 0 aromatic rings. The second-order valence-electron chi connectivity index (χ2n) is 22.1. The summed E-state index contributed by atoms with van der Waals surface area (Å²) in [6.07, 6.45) is 30.0. The van der Waals surface area contributed by atoms with E-state index in [2.05, 4.69) is 166 Å². The number of hydrogen-bond acceptors (Lipinski definition) is 1. The van der Waals surface area contributed by atoms with E-state index >= 15 is 0 Å². The van der Waals surface area contributed by atoms with E-state index in [1.165, 1.54) is 130 Å². The van der Waals surface area contributed by atoms with Crippen LogP contribution >= 0.6 is 0 Å². The molecule has 0 spiro atoms. The molecular weight excluding hydrogens is 906 g/mol. The summed E-state index contributed by atoms with van der Waals surface area (Å²) in [7, 11) is 0. The zero-order valence-electron chi connectivity index (χ0n) is 43.2. The Labute approximate surface area is 398 Å². The number of fused-ring (bicyclic) bond motifs is 1. The Bertz CT molecular complexity index is 1390. The van der Waals surface area contributed by atoms with Crippen LogP contribution in [0.15, 0.2) is 111 Å². The van der Waals surface area contributed by atoms with Crippen LogP contribution in [0.1, 0.15) is 212 Å². The van der Waals surface area contributed by atoms with Gasteiger partial charge in [-0.1, -0.05) is 170 Å². The second-order valence-corrected chi connectivity index (χ2v) is 22.1. The molecule has 3 aliphatic carbocycles. The topological polar surface area (TPSA) is 3.24 Å². The van der Waals surface area contributed by atoms with Crippen LogP contribution in [0.5, 0.6) is 0 Å². The van der Waals surface area contributed by atoms with E-state index in [1.54, 1.807) is 11.1 Å². The van der Waals surface area contributed by atoms with Gasteiger partial charge in [0.25, 0.3) is 0 Å². The fraction of sp³-hybridized carbons (Fsp3) is 0.678. The summed E-state index contributed by atoms with van der Waals surface area (Å²) in [6.45, 7) is 63.7. The minimum atomic E-state index is 0. The molecule has 0 aromatic heterocycles. The first-order chi connectivity index (χ1) is 27.9. The molecule has 5 atom stereocenters. The van der Waals surface area contributed by atoms with Gasteiger partial charge >= 0.3 is 0 Å². The van der Waals surface area contributed by atoms with Crippen LogP contribution in [0, 0.1) is 45.3 Å². The van der Waals surface area contributed by atoms with Crippen molar-refractivity contribution in [2.45, 2.75) is 212 Å². The van der Waals surface area contributed by atoms with Crippen molar-refractivity contribution in [3.05, 3.63) is 117 Å². The molecule has 2 heteroatoms. The summed E-state index contributed by atoms with van der Waals surface area (Å²) in [5.74, 6) is 4.06. The fourth-order valence-corrected chi connectivity index (χ4v) is 10.5. The number of unbranched alkanes of at least 4 members (excludes halogenated alkanes) is 2.